The summed E-state index contributed by atoms with van der Waals surface area (Å²) in [5.41, 5.74) is -2.41. The van der Waals surface area contributed by atoms with Crippen molar-refractivity contribution >= 4 is 67.3 Å². The van der Waals surface area contributed by atoms with Crippen LogP contribution in [0.3, 0.4) is 0 Å². The number of rotatable bonds is 0. The third-order valence-corrected chi connectivity index (χ3v) is 8.45. The van der Waals surface area contributed by atoms with Gasteiger partial charge in [0.15, 0.2) is 17.5 Å². The van der Waals surface area contributed by atoms with Gasteiger partial charge in [0.1, 0.15) is 11.1 Å². The molecule has 3 aliphatic heterocycles. The van der Waals surface area contributed by atoms with Gasteiger partial charge in [0.2, 0.25) is 17.9 Å². The number of fused-ring (bicyclic) bond motifs is 6. The smallest absolute Gasteiger partial charge is 0.278 e. The first-order chi connectivity index (χ1) is 23.0. The third-order valence-electron chi connectivity index (χ3n) is 8.45. The predicted octanol–water partition coefficient (Wildman–Crippen LogP) is 8.67. The molecule has 236 valence electrons. The number of amidine groups is 1. The number of hydrogen-bond acceptors (Lipinski definition) is 5. The number of aromatic nitrogens is 2. The Morgan fingerprint density at radius 2 is 0.812 bits per heavy atom. The Bertz CT molecular complexity index is 2500. The molecule has 5 heterocycles. The van der Waals surface area contributed by atoms with Crippen molar-refractivity contribution in [1.82, 2.24) is 14.0 Å². The molecule has 0 aliphatic carbocycles. The maximum Gasteiger partial charge on any atom is 0.422 e. The summed E-state index contributed by atoms with van der Waals surface area (Å²) in [6, 6.07) is 28.0. The van der Waals surface area contributed by atoms with E-state index in [2.05, 4.69) is 20.0 Å². The van der Waals surface area contributed by atoms with E-state index in [0.717, 1.165) is 21.5 Å². The summed E-state index contributed by atoms with van der Waals surface area (Å²) in [6.45, 7) is 0. The Labute approximate surface area is 264 Å². The fourth-order valence-electron chi connectivity index (χ4n) is 6.57. The zero-order chi connectivity index (χ0) is 33.1. The number of para-hydroxylation sites is 4. The molecule has 0 saturated heterocycles. The van der Waals surface area contributed by atoms with Crippen LogP contribution in [0.15, 0.2) is 140 Å². The number of halogens is 7. The number of hydrogen-bond donors (Lipinski definition) is 0. The van der Waals surface area contributed by atoms with Crippen molar-refractivity contribution in [1.29, 1.82) is 0 Å². The van der Waals surface area contributed by atoms with Gasteiger partial charge in [-0.15, -0.1) is 0 Å². The number of aliphatic imine (C=N–C) groups is 4. The van der Waals surface area contributed by atoms with Crippen LogP contribution in [0, 0.1) is 0 Å². The van der Waals surface area contributed by atoms with Crippen molar-refractivity contribution in [3.63, 3.8) is 0 Å². The molecule has 0 radical (unpaired) electrons. The average Bonchev–Trinajstić information content (AvgIpc) is 3.56. The van der Waals surface area contributed by atoms with Gasteiger partial charge >= 0.3 is 12.4 Å². The average molecular weight is 656 g/mol. The van der Waals surface area contributed by atoms with Crippen LogP contribution in [0.2, 0.25) is 0 Å². The van der Waals surface area contributed by atoms with Crippen LogP contribution in [-0.4, -0.2) is 50.1 Å². The van der Waals surface area contributed by atoms with Gasteiger partial charge < -0.3 is 0 Å². The number of allylic oxidation sites excluding steroid dienone is 2. The van der Waals surface area contributed by atoms with Crippen molar-refractivity contribution in [3.8, 4) is 0 Å². The highest BCUT2D eigenvalue weighted by molar-refractivity contribution is 6.26. The summed E-state index contributed by atoms with van der Waals surface area (Å²) in [7, 11) is 0. The zero-order valence-corrected chi connectivity index (χ0v) is 24.0. The van der Waals surface area contributed by atoms with Crippen molar-refractivity contribution in [2.75, 3.05) is 0 Å². The zero-order valence-electron chi connectivity index (χ0n) is 24.0. The van der Waals surface area contributed by atoms with Crippen LogP contribution >= 0.6 is 0 Å². The van der Waals surface area contributed by atoms with Gasteiger partial charge in [-0.05, 0) is 24.3 Å². The number of nitrogens with zero attached hydrogens (tertiary/aromatic N) is 7. The van der Waals surface area contributed by atoms with Crippen molar-refractivity contribution < 1.29 is 30.7 Å². The van der Waals surface area contributed by atoms with E-state index in [4.69, 9.17) is 0 Å². The van der Waals surface area contributed by atoms with E-state index >= 15 is 4.39 Å². The highest BCUT2D eigenvalue weighted by atomic mass is 19.4. The van der Waals surface area contributed by atoms with Gasteiger partial charge in [0, 0.05) is 21.5 Å². The molecule has 4 aromatic carbocycles. The topological polar surface area (TPSA) is 62.5 Å². The Hall–Kier alpha value is -6.05. The van der Waals surface area contributed by atoms with E-state index in [-0.39, 0.29) is 11.9 Å². The molecule has 0 N–H and O–H groups in total. The van der Waals surface area contributed by atoms with Gasteiger partial charge in [-0.2, -0.15) is 46.3 Å². The second kappa shape index (κ2) is 9.50. The molecule has 14 heteroatoms. The fourth-order valence-corrected chi connectivity index (χ4v) is 6.57. The van der Waals surface area contributed by atoms with Crippen molar-refractivity contribution in [3.05, 3.63) is 120 Å². The van der Waals surface area contributed by atoms with E-state index < -0.39 is 46.9 Å². The molecule has 6 aromatic rings. The fraction of sp³-hybridized carbons (Fsp3) is 0.0588. The van der Waals surface area contributed by atoms with Crippen LogP contribution in [0.4, 0.5) is 30.7 Å². The van der Waals surface area contributed by atoms with E-state index in [0.29, 0.717) is 27.0 Å². The van der Waals surface area contributed by atoms with Crippen molar-refractivity contribution in [2.24, 2.45) is 20.0 Å². The highest BCUT2D eigenvalue weighted by Crippen LogP contribution is 2.47. The maximum atomic E-state index is 15.9. The minimum atomic E-state index is -5.59. The minimum absolute atomic E-state index is 0.356. The Kier molecular flexibility index (Phi) is 5.58. The molecular formula is C34H16F7N7. The lowest BCUT2D eigenvalue weighted by Crippen LogP contribution is -2.49. The van der Waals surface area contributed by atoms with Gasteiger partial charge in [0.05, 0.1) is 22.1 Å². The van der Waals surface area contributed by atoms with E-state index in [1.165, 1.54) is 9.13 Å². The summed E-state index contributed by atoms with van der Waals surface area (Å²) in [5.74, 6) is -6.20. The van der Waals surface area contributed by atoms with Gasteiger partial charge in [0.25, 0.3) is 0 Å². The lowest BCUT2D eigenvalue weighted by atomic mass is 10.0. The molecular weight excluding hydrogens is 639 g/mol. The predicted molar refractivity (Wildman–Crippen MR) is 169 cm³/mol. The molecule has 48 heavy (non-hydrogen) atoms. The molecule has 0 atom stereocenters. The van der Waals surface area contributed by atoms with Crippen LogP contribution < -0.4 is 0 Å². The van der Waals surface area contributed by atoms with E-state index in [9.17, 15) is 26.3 Å². The summed E-state index contributed by atoms with van der Waals surface area (Å²) < 4.78 is 106. The monoisotopic (exact) mass is 655 g/mol. The lowest BCUT2D eigenvalue weighted by Gasteiger charge is -2.37. The van der Waals surface area contributed by atoms with Crippen LogP contribution in [0.25, 0.3) is 43.6 Å². The standard InChI is InChI=1S/C34H16F7N7/c35-27-25(33(36,37)38)28-42-30(46-21-13-5-1-9-17(21)18-10-2-6-14-22(18)46)44-32-45-31(43-29(48(28)32)26(27)34(39,40)41)47-23-15-7-3-11-19(23)20-12-4-8-16-24(20)47/h1-16H. The largest absolute Gasteiger partial charge is 0.422 e. The highest BCUT2D eigenvalue weighted by Gasteiger charge is 2.56. The van der Waals surface area contributed by atoms with Crippen LogP contribution in [0.5, 0.6) is 0 Å². The molecule has 3 aliphatic rings. The molecule has 0 unspecified atom stereocenters. The molecule has 0 saturated carbocycles. The number of alkyl halides is 6. The molecule has 0 spiro atoms. The van der Waals surface area contributed by atoms with Gasteiger partial charge in [-0.3, -0.25) is 9.13 Å². The Morgan fingerprint density at radius 1 is 0.438 bits per heavy atom. The van der Waals surface area contributed by atoms with Crippen LogP contribution in [0.1, 0.15) is 0 Å². The molecule has 0 bridgehead atoms. The normalized spacial score (nSPS) is 16.9. The van der Waals surface area contributed by atoms with Crippen molar-refractivity contribution in [2.45, 2.75) is 12.4 Å². The second-order valence-corrected chi connectivity index (χ2v) is 11.1. The quantitative estimate of drug-likeness (QED) is 0.151. The van der Waals surface area contributed by atoms with E-state index in [1.54, 1.807) is 97.1 Å². The summed E-state index contributed by atoms with van der Waals surface area (Å²) in [4.78, 5) is 17.6. The van der Waals surface area contributed by atoms with E-state index in [1.807, 2.05) is 0 Å². The number of guanidine groups is 1. The first-order valence-corrected chi connectivity index (χ1v) is 14.4. The minimum Gasteiger partial charge on any atom is -0.278 e. The molecule has 0 fully saturated rings. The second-order valence-electron chi connectivity index (χ2n) is 11.1. The first-order valence-electron chi connectivity index (χ1n) is 14.4. The third kappa shape index (κ3) is 3.82. The molecule has 0 amide bonds. The molecule has 7 nitrogen and oxygen atoms in total. The Balaban J connectivity index is 1.41. The summed E-state index contributed by atoms with van der Waals surface area (Å²) in [6.07, 6.45) is -11.2. The molecule has 9 rings (SSSR count). The lowest BCUT2D eigenvalue weighted by molar-refractivity contribution is -0.0992. The number of benzene rings is 4. The SMILES string of the molecule is FC1=C(C(F)(F)F)C2=NC(n3c4ccccc4c4ccccc43)=NC3=NC(n4c5ccccc5c5ccccc54)=NC(=C1C(F)(F)F)N32. The summed E-state index contributed by atoms with van der Waals surface area (Å²) >= 11 is 0. The first kappa shape index (κ1) is 28.2. The Morgan fingerprint density at radius 3 is 1.23 bits per heavy atom. The summed E-state index contributed by atoms with van der Waals surface area (Å²) in [5, 5.41) is 2.88. The van der Waals surface area contributed by atoms with Gasteiger partial charge in [-0.1, -0.05) is 72.8 Å². The maximum absolute atomic E-state index is 15.9. The van der Waals surface area contributed by atoms with Gasteiger partial charge in [-0.25, -0.2) is 9.29 Å². The molecule has 2 aromatic heterocycles. The van der Waals surface area contributed by atoms with Crippen LogP contribution in [-0.2, 0) is 0 Å².